The molecule has 0 heterocycles. The third kappa shape index (κ3) is 7.77. The van der Waals surface area contributed by atoms with E-state index in [2.05, 4.69) is 5.32 Å². The van der Waals surface area contributed by atoms with E-state index in [-0.39, 0.29) is 25.0 Å². The first-order valence-corrected chi connectivity index (χ1v) is 12.5. The second-order valence-corrected chi connectivity index (χ2v) is 9.80. The zero-order chi connectivity index (χ0) is 21.7. The molecule has 0 aromatic heterocycles. The quantitative estimate of drug-likeness (QED) is 0.437. The van der Waals surface area contributed by atoms with E-state index in [4.69, 9.17) is 13.1 Å². The Bertz CT molecular complexity index is 955. The molecule has 0 bridgehead atoms. The lowest BCUT2D eigenvalue weighted by Gasteiger charge is -2.32. The van der Waals surface area contributed by atoms with Crippen LogP contribution in [0.3, 0.4) is 0 Å². The molecule has 0 spiro atoms. The predicted molar refractivity (Wildman–Crippen MR) is 106 cm³/mol. The third-order valence-corrected chi connectivity index (χ3v) is 5.25. The molecule has 1 aromatic rings. The Hall–Kier alpha value is -1.95. The zero-order valence-electron chi connectivity index (χ0n) is 16.5. The van der Waals surface area contributed by atoms with Crippen LogP contribution in [0.15, 0.2) is 41.6 Å². The van der Waals surface area contributed by atoms with Gasteiger partial charge in [0.05, 0.1) is 24.7 Å². The van der Waals surface area contributed by atoms with E-state index in [1.165, 1.54) is 0 Å². The number of ether oxygens (including phenoxy) is 1. The van der Waals surface area contributed by atoms with Crippen molar-refractivity contribution >= 4 is 26.2 Å². The van der Waals surface area contributed by atoms with Crippen molar-refractivity contribution in [3.05, 3.63) is 47.2 Å². The molecule has 162 valence electrons. The van der Waals surface area contributed by atoms with Crippen LogP contribution in [0, 0.1) is 0 Å². The first-order chi connectivity index (χ1) is 13.5. The maximum Gasteiger partial charge on any atom is 0.335 e. The summed E-state index contributed by atoms with van der Waals surface area (Å²) in [6.07, 6.45) is -0.817. The maximum absolute atomic E-state index is 12.4. The summed E-state index contributed by atoms with van der Waals surface area (Å²) in [5, 5.41) is 3.13. The van der Waals surface area contributed by atoms with E-state index < -0.39 is 38.4 Å². The minimum atomic E-state index is -3.92. The summed E-state index contributed by atoms with van der Waals surface area (Å²) < 4.78 is 61.7. The standard InChI is InChI=1S/C18H25NO8S2/c1-4-25-18(20)14-10-16(26-28(2,21)22)17(27-29(3,23)24)11-15(14)19-12-13-8-6-5-7-9-13/h5-9,16-17,19H,4,10-12H2,1-3H3. The summed E-state index contributed by atoms with van der Waals surface area (Å²) in [6.45, 7) is 2.16. The number of nitrogens with one attached hydrogen (secondary N) is 1. The Morgan fingerprint density at radius 2 is 1.55 bits per heavy atom. The average molecular weight is 448 g/mol. The highest BCUT2D eigenvalue weighted by Gasteiger charge is 2.38. The van der Waals surface area contributed by atoms with Crippen LogP contribution in [0.4, 0.5) is 0 Å². The number of rotatable bonds is 9. The molecule has 1 aliphatic rings. The molecule has 1 aromatic carbocycles. The number of esters is 1. The van der Waals surface area contributed by atoms with Crippen molar-refractivity contribution in [2.75, 3.05) is 19.1 Å². The molecule has 9 nitrogen and oxygen atoms in total. The van der Waals surface area contributed by atoms with E-state index >= 15 is 0 Å². The first kappa shape index (κ1) is 23.3. The fourth-order valence-corrected chi connectivity index (χ4v) is 4.24. The van der Waals surface area contributed by atoms with Crippen LogP contribution in [0.5, 0.6) is 0 Å². The van der Waals surface area contributed by atoms with Crippen molar-refractivity contribution in [1.82, 2.24) is 5.32 Å². The van der Waals surface area contributed by atoms with Crippen molar-refractivity contribution in [2.45, 2.75) is 38.5 Å². The van der Waals surface area contributed by atoms with Gasteiger partial charge in [0, 0.05) is 25.1 Å². The second-order valence-electron chi connectivity index (χ2n) is 6.60. The van der Waals surface area contributed by atoms with Gasteiger partial charge in [-0.25, -0.2) is 4.79 Å². The fraction of sp³-hybridized carbons (Fsp3) is 0.500. The predicted octanol–water partition coefficient (Wildman–Crippen LogP) is 1.08. The molecule has 0 fully saturated rings. The highest BCUT2D eigenvalue weighted by molar-refractivity contribution is 7.86. The van der Waals surface area contributed by atoms with Gasteiger partial charge in [-0.05, 0) is 12.5 Å². The Morgan fingerprint density at radius 1 is 1.00 bits per heavy atom. The molecule has 0 amide bonds. The summed E-state index contributed by atoms with van der Waals surface area (Å²) in [5.74, 6) is -0.622. The molecule has 2 unspecified atom stereocenters. The molecule has 0 saturated carbocycles. The highest BCUT2D eigenvalue weighted by Crippen LogP contribution is 2.31. The van der Waals surface area contributed by atoms with Crippen molar-refractivity contribution in [3.8, 4) is 0 Å². The Morgan fingerprint density at radius 3 is 2.07 bits per heavy atom. The molecular weight excluding hydrogens is 422 g/mol. The van der Waals surface area contributed by atoms with Gasteiger partial charge in [-0.2, -0.15) is 16.8 Å². The van der Waals surface area contributed by atoms with E-state index in [1.54, 1.807) is 6.92 Å². The van der Waals surface area contributed by atoms with Crippen LogP contribution in [0.2, 0.25) is 0 Å². The van der Waals surface area contributed by atoms with Gasteiger partial charge in [-0.3, -0.25) is 8.37 Å². The molecular formula is C18H25NO8S2. The molecule has 29 heavy (non-hydrogen) atoms. The van der Waals surface area contributed by atoms with Gasteiger partial charge in [0.25, 0.3) is 20.2 Å². The van der Waals surface area contributed by atoms with Gasteiger partial charge >= 0.3 is 5.97 Å². The second kappa shape index (κ2) is 9.70. The smallest absolute Gasteiger partial charge is 0.335 e. The average Bonchev–Trinajstić information content (AvgIpc) is 2.60. The Kier molecular flexibility index (Phi) is 7.80. The largest absolute Gasteiger partial charge is 0.463 e. The summed E-state index contributed by atoms with van der Waals surface area (Å²) in [7, 11) is -7.81. The summed E-state index contributed by atoms with van der Waals surface area (Å²) in [5.41, 5.74) is 1.57. The van der Waals surface area contributed by atoms with Crippen LogP contribution in [0.1, 0.15) is 25.3 Å². The fourth-order valence-electron chi connectivity index (χ4n) is 2.96. The van der Waals surface area contributed by atoms with Gasteiger partial charge in [0.15, 0.2) is 0 Å². The Balaban J connectivity index is 2.36. The zero-order valence-corrected chi connectivity index (χ0v) is 18.1. The van der Waals surface area contributed by atoms with E-state index in [0.29, 0.717) is 12.2 Å². The minimum Gasteiger partial charge on any atom is -0.463 e. The maximum atomic E-state index is 12.4. The molecule has 0 aliphatic heterocycles. The van der Waals surface area contributed by atoms with E-state index in [9.17, 15) is 21.6 Å². The number of carbonyl (C=O) groups is 1. The van der Waals surface area contributed by atoms with Crippen LogP contribution >= 0.6 is 0 Å². The molecule has 2 atom stereocenters. The van der Waals surface area contributed by atoms with Gasteiger partial charge < -0.3 is 10.1 Å². The summed E-state index contributed by atoms with van der Waals surface area (Å²) in [4.78, 5) is 12.4. The lowest BCUT2D eigenvalue weighted by atomic mass is 9.91. The van der Waals surface area contributed by atoms with Gasteiger partial charge in [0.2, 0.25) is 0 Å². The van der Waals surface area contributed by atoms with E-state index in [1.807, 2.05) is 30.3 Å². The molecule has 0 radical (unpaired) electrons. The summed E-state index contributed by atoms with van der Waals surface area (Å²) >= 11 is 0. The van der Waals surface area contributed by atoms with Gasteiger partial charge in [-0.15, -0.1) is 0 Å². The first-order valence-electron chi connectivity index (χ1n) is 8.92. The van der Waals surface area contributed by atoms with Crippen molar-refractivity contribution in [1.29, 1.82) is 0 Å². The lowest BCUT2D eigenvalue weighted by molar-refractivity contribution is -0.139. The van der Waals surface area contributed by atoms with Crippen molar-refractivity contribution in [3.63, 3.8) is 0 Å². The minimum absolute atomic E-state index is 0.0613. The van der Waals surface area contributed by atoms with Gasteiger partial charge in [-0.1, -0.05) is 30.3 Å². The molecule has 1 aliphatic carbocycles. The monoisotopic (exact) mass is 447 g/mol. The number of hydrogen-bond donors (Lipinski definition) is 1. The lowest BCUT2D eigenvalue weighted by Crippen LogP contribution is -2.42. The molecule has 0 saturated heterocycles. The topological polar surface area (TPSA) is 125 Å². The SMILES string of the molecule is CCOC(=O)C1=C(NCc2ccccc2)CC(OS(C)(=O)=O)C(OS(C)(=O)=O)C1. The molecule has 2 rings (SSSR count). The highest BCUT2D eigenvalue weighted by atomic mass is 32.2. The number of carbonyl (C=O) groups excluding carboxylic acids is 1. The third-order valence-electron chi connectivity index (χ3n) is 4.06. The number of benzene rings is 1. The van der Waals surface area contributed by atoms with E-state index in [0.717, 1.165) is 18.1 Å². The van der Waals surface area contributed by atoms with Crippen LogP contribution in [0.25, 0.3) is 0 Å². The molecule has 11 heteroatoms. The van der Waals surface area contributed by atoms with Crippen LogP contribution in [-0.4, -0.2) is 54.1 Å². The van der Waals surface area contributed by atoms with Crippen molar-refractivity contribution in [2.24, 2.45) is 0 Å². The molecule has 1 N–H and O–H groups in total. The normalized spacial score (nSPS) is 20.4. The van der Waals surface area contributed by atoms with Gasteiger partial charge in [0.1, 0.15) is 12.2 Å². The number of hydrogen-bond acceptors (Lipinski definition) is 9. The van der Waals surface area contributed by atoms with Crippen LogP contribution < -0.4 is 5.32 Å². The van der Waals surface area contributed by atoms with Crippen molar-refractivity contribution < 1.29 is 34.7 Å². The Labute approximate surface area is 171 Å². The van der Waals surface area contributed by atoms with Crippen LogP contribution in [-0.2, 0) is 44.7 Å². The summed E-state index contributed by atoms with van der Waals surface area (Å²) in [6, 6.07) is 9.38.